The van der Waals surface area contributed by atoms with E-state index in [-0.39, 0.29) is 18.0 Å². The Morgan fingerprint density at radius 3 is 2.69 bits per heavy atom. The van der Waals surface area contributed by atoms with E-state index >= 15 is 0 Å². The van der Waals surface area contributed by atoms with Crippen LogP contribution in [-0.2, 0) is 4.74 Å². The number of piperidine rings is 1. The third-order valence-corrected chi connectivity index (χ3v) is 5.14. The first kappa shape index (κ1) is 18.7. The van der Waals surface area contributed by atoms with Crippen molar-refractivity contribution >= 4 is 33.6 Å². The van der Waals surface area contributed by atoms with Crippen LogP contribution in [0.5, 0.6) is 0 Å². The van der Waals surface area contributed by atoms with E-state index in [1.165, 1.54) is 0 Å². The highest BCUT2D eigenvalue weighted by Gasteiger charge is 2.26. The number of amides is 2. The third kappa shape index (κ3) is 3.70. The Hall–Kier alpha value is -2.09. The van der Waals surface area contributed by atoms with Crippen LogP contribution in [0.25, 0.3) is 5.65 Å². The maximum absolute atomic E-state index is 12.9. The molecule has 0 unspecified atom stereocenters. The summed E-state index contributed by atoms with van der Waals surface area (Å²) in [6.45, 7) is 7.15. The second-order valence-electron chi connectivity index (χ2n) is 6.54. The van der Waals surface area contributed by atoms with Crippen LogP contribution in [0.3, 0.4) is 0 Å². The summed E-state index contributed by atoms with van der Waals surface area (Å²) in [6, 6.07) is 2.01. The van der Waals surface area contributed by atoms with E-state index in [0.29, 0.717) is 43.9 Å². The number of likely N-dealkylation sites (tertiary alicyclic amines) is 1. The molecule has 1 N–H and O–H groups in total. The van der Waals surface area contributed by atoms with Crippen LogP contribution in [0.1, 0.15) is 41.5 Å². The SMILES string of the molecule is CCOC(=O)N1CCC(NC(=O)c2c(C)nc3c(Br)cc(C)cn23)CC1. The monoisotopic (exact) mass is 422 g/mol. The zero-order valence-corrected chi connectivity index (χ0v) is 16.8. The Kier molecular flexibility index (Phi) is 5.50. The van der Waals surface area contributed by atoms with Gasteiger partial charge in [0.1, 0.15) is 5.69 Å². The van der Waals surface area contributed by atoms with Crippen LogP contribution < -0.4 is 5.32 Å². The van der Waals surface area contributed by atoms with Crippen molar-refractivity contribution in [3.8, 4) is 0 Å². The summed E-state index contributed by atoms with van der Waals surface area (Å²) in [5.41, 5.74) is 3.02. The molecule has 0 bridgehead atoms. The maximum atomic E-state index is 12.9. The predicted molar refractivity (Wildman–Crippen MR) is 101 cm³/mol. The first-order chi connectivity index (χ1) is 12.4. The molecule has 2 aromatic rings. The number of rotatable bonds is 3. The third-order valence-electron chi connectivity index (χ3n) is 4.56. The van der Waals surface area contributed by atoms with Crippen molar-refractivity contribution in [3.05, 3.63) is 33.7 Å². The molecule has 8 heteroatoms. The average Bonchev–Trinajstić information content (AvgIpc) is 2.92. The number of pyridine rings is 1. The van der Waals surface area contributed by atoms with Crippen molar-refractivity contribution in [3.63, 3.8) is 0 Å². The molecule has 0 aliphatic carbocycles. The molecule has 2 amide bonds. The molecule has 0 radical (unpaired) electrons. The van der Waals surface area contributed by atoms with E-state index in [0.717, 1.165) is 15.7 Å². The van der Waals surface area contributed by atoms with E-state index in [4.69, 9.17) is 4.74 Å². The van der Waals surface area contributed by atoms with Gasteiger partial charge in [0, 0.05) is 25.3 Å². The number of nitrogens with zero attached hydrogens (tertiary/aromatic N) is 3. The fourth-order valence-corrected chi connectivity index (χ4v) is 3.93. The zero-order valence-electron chi connectivity index (χ0n) is 15.2. The van der Waals surface area contributed by atoms with Crippen molar-refractivity contribution in [1.29, 1.82) is 0 Å². The molecule has 2 aromatic heterocycles. The molecule has 3 heterocycles. The molecule has 0 aromatic carbocycles. The molecule has 0 saturated carbocycles. The molecule has 7 nitrogen and oxygen atoms in total. The lowest BCUT2D eigenvalue weighted by atomic mass is 10.1. The number of ether oxygens (including phenoxy) is 1. The lowest BCUT2D eigenvalue weighted by molar-refractivity contribution is 0.0855. The summed E-state index contributed by atoms with van der Waals surface area (Å²) in [5, 5.41) is 3.09. The van der Waals surface area contributed by atoms with Gasteiger partial charge in [-0.25, -0.2) is 9.78 Å². The number of hydrogen-bond acceptors (Lipinski definition) is 4. The molecule has 0 atom stereocenters. The van der Waals surface area contributed by atoms with Gasteiger partial charge < -0.3 is 15.0 Å². The summed E-state index contributed by atoms with van der Waals surface area (Å²) in [7, 11) is 0. The van der Waals surface area contributed by atoms with Crippen molar-refractivity contribution in [2.45, 2.75) is 39.7 Å². The largest absolute Gasteiger partial charge is 0.450 e. The van der Waals surface area contributed by atoms with Gasteiger partial charge in [0.15, 0.2) is 5.65 Å². The van der Waals surface area contributed by atoms with Crippen LogP contribution >= 0.6 is 15.9 Å². The standard InChI is InChI=1S/C18H23BrN4O3/c1-4-26-18(25)22-7-5-13(6-8-22)21-17(24)15-12(3)20-16-14(19)9-11(2)10-23(15)16/h9-10,13H,4-8H2,1-3H3,(H,21,24). The Morgan fingerprint density at radius 1 is 1.35 bits per heavy atom. The number of nitrogens with one attached hydrogen (secondary N) is 1. The van der Waals surface area contributed by atoms with Crippen molar-refractivity contribution < 1.29 is 14.3 Å². The summed E-state index contributed by atoms with van der Waals surface area (Å²) < 4.78 is 7.72. The summed E-state index contributed by atoms with van der Waals surface area (Å²) >= 11 is 3.51. The fraction of sp³-hybridized carbons (Fsp3) is 0.500. The van der Waals surface area contributed by atoms with Gasteiger partial charge in [-0.1, -0.05) is 0 Å². The molecular formula is C18H23BrN4O3. The quantitative estimate of drug-likeness (QED) is 0.824. The second kappa shape index (κ2) is 7.65. The number of aromatic nitrogens is 2. The summed E-state index contributed by atoms with van der Waals surface area (Å²) in [5.74, 6) is -0.137. The molecule has 3 rings (SSSR count). The lowest BCUT2D eigenvalue weighted by Gasteiger charge is -2.31. The van der Waals surface area contributed by atoms with Gasteiger partial charge in [-0.2, -0.15) is 0 Å². The number of carbonyl (C=O) groups excluding carboxylic acids is 2. The van der Waals surface area contributed by atoms with Crippen LogP contribution in [0, 0.1) is 13.8 Å². The van der Waals surface area contributed by atoms with E-state index in [1.54, 1.807) is 11.8 Å². The Balaban J connectivity index is 1.71. The van der Waals surface area contributed by atoms with E-state index in [1.807, 2.05) is 30.5 Å². The van der Waals surface area contributed by atoms with Crippen molar-refractivity contribution in [2.75, 3.05) is 19.7 Å². The van der Waals surface area contributed by atoms with Gasteiger partial charge >= 0.3 is 6.09 Å². The van der Waals surface area contributed by atoms with Gasteiger partial charge in [-0.3, -0.25) is 9.20 Å². The first-order valence-electron chi connectivity index (χ1n) is 8.78. The highest BCUT2D eigenvalue weighted by atomic mass is 79.9. The predicted octanol–water partition coefficient (Wildman–Crippen LogP) is 3.06. The maximum Gasteiger partial charge on any atom is 0.409 e. The van der Waals surface area contributed by atoms with Gasteiger partial charge in [0.05, 0.1) is 16.8 Å². The Bertz CT molecular complexity index is 841. The number of fused-ring (bicyclic) bond motifs is 1. The molecule has 1 aliphatic heterocycles. The normalized spacial score (nSPS) is 15.3. The molecule has 1 aliphatic rings. The summed E-state index contributed by atoms with van der Waals surface area (Å²) in [4.78, 5) is 30.8. The Morgan fingerprint density at radius 2 is 2.04 bits per heavy atom. The number of imidazole rings is 1. The topological polar surface area (TPSA) is 75.9 Å². The molecule has 26 heavy (non-hydrogen) atoms. The minimum atomic E-state index is -0.282. The van der Waals surface area contributed by atoms with E-state index < -0.39 is 0 Å². The average molecular weight is 423 g/mol. The fourth-order valence-electron chi connectivity index (χ4n) is 3.29. The molecular weight excluding hydrogens is 400 g/mol. The molecule has 1 saturated heterocycles. The van der Waals surface area contributed by atoms with Gasteiger partial charge in [-0.05, 0) is 61.2 Å². The van der Waals surface area contributed by atoms with Gasteiger partial charge in [0.2, 0.25) is 0 Å². The number of halogens is 1. The van der Waals surface area contributed by atoms with Gasteiger partial charge in [-0.15, -0.1) is 0 Å². The molecule has 0 spiro atoms. The van der Waals surface area contributed by atoms with Crippen LogP contribution in [0.4, 0.5) is 4.79 Å². The minimum Gasteiger partial charge on any atom is -0.450 e. The number of carbonyl (C=O) groups is 2. The Labute approximate surface area is 160 Å². The zero-order chi connectivity index (χ0) is 18.8. The number of aryl methyl sites for hydroxylation is 2. The minimum absolute atomic E-state index is 0.0337. The smallest absolute Gasteiger partial charge is 0.409 e. The second-order valence-corrected chi connectivity index (χ2v) is 7.39. The number of hydrogen-bond donors (Lipinski definition) is 1. The van der Waals surface area contributed by atoms with Crippen LogP contribution in [-0.4, -0.2) is 52.0 Å². The first-order valence-corrected chi connectivity index (χ1v) is 9.57. The van der Waals surface area contributed by atoms with Crippen LogP contribution in [0.2, 0.25) is 0 Å². The van der Waals surface area contributed by atoms with Gasteiger partial charge in [0.25, 0.3) is 5.91 Å². The highest BCUT2D eigenvalue weighted by Crippen LogP contribution is 2.22. The van der Waals surface area contributed by atoms with E-state index in [9.17, 15) is 9.59 Å². The lowest BCUT2D eigenvalue weighted by Crippen LogP contribution is -2.47. The van der Waals surface area contributed by atoms with Crippen molar-refractivity contribution in [1.82, 2.24) is 19.6 Å². The molecule has 1 fully saturated rings. The van der Waals surface area contributed by atoms with Crippen LogP contribution in [0.15, 0.2) is 16.7 Å². The summed E-state index contributed by atoms with van der Waals surface area (Å²) in [6.07, 6.45) is 3.06. The highest BCUT2D eigenvalue weighted by molar-refractivity contribution is 9.10. The molecule has 140 valence electrons. The van der Waals surface area contributed by atoms with Crippen molar-refractivity contribution in [2.24, 2.45) is 0 Å². The van der Waals surface area contributed by atoms with E-state index in [2.05, 4.69) is 26.2 Å².